The van der Waals surface area contributed by atoms with Crippen LogP contribution in [0.2, 0.25) is 0 Å². The van der Waals surface area contributed by atoms with Gasteiger partial charge in [-0.15, -0.1) is 6.07 Å². The van der Waals surface area contributed by atoms with Crippen molar-refractivity contribution < 1.29 is 27.2 Å². The number of urea groups is 1. The second-order valence-corrected chi connectivity index (χ2v) is 5.52. The van der Waals surface area contributed by atoms with Crippen molar-refractivity contribution >= 4 is 17.6 Å². The van der Waals surface area contributed by atoms with Crippen molar-refractivity contribution in [3.8, 4) is 0 Å². The van der Waals surface area contributed by atoms with E-state index in [1.54, 1.807) is 12.1 Å². The topological polar surface area (TPSA) is 75.4 Å². The number of amides is 3. The molecule has 0 bridgehead atoms. The first kappa shape index (κ1) is 21.8. The first-order valence-corrected chi connectivity index (χ1v) is 7.67. The van der Waals surface area contributed by atoms with Crippen LogP contribution in [0, 0.1) is 18.4 Å². The van der Waals surface area contributed by atoms with E-state index in [1.807, 2.05) is 5.32 Å². The molecule has 0 fully saturated rings. The van der Waals surface area contributed by atoms with Gasteiger partial charge in [0.25, 0.3) is 6.03 Å². The second kappa shape index (κ2) is 8.43. The molecule has 5 nitrogen and oxygen atoms in total. The van der Waals surface area contributed by atoms with Gasteiger partial charge in [0.05, 0.1) is 11.6 Å². The Bertz CT molecular complexity index is 831. The molecule has 0 saturated carbocycles. The maximum atomic E-state index is 14.2. The number of anilines is 1. The fourth-order valence-corrected chi connectivity index (χ4v) is 2.43. The monoisotopic (exact) mass is 643 g/mol. The molecule has 159 valence electrons. The van der Waals surface area contributed by atoms with Gasteiger partial charge >= 0.3 is 6.18 Å². The van der Waals surface area contributed by atoms with Crippen LogP contribution in [0.25, 0.3) is 0 Å². The summed E-state index contributed by atoms with van der Waals surface area (Å²) in [5.41, 5.74) is 3.70. The summed E-state index contributed by atoms with van der Waals surface area (Å²) < 4.78 is 53.2. The van der Waals surface area contributed by atoms with Gasteiger partial charge in [0, 0.05) is 5.56 Å². The van der Waals surface area contributed by atoms with Crippen LogP contribution in [0.4, 0.5) is 28.0 Å². The Labute approximate surface area is 152 Å². The summed E-state index contributed by atoms with van der Waals surface area (Å²) in [7, 11) is 0. The van der Waals surface area contributed by atoms with Crippen LogP contribution in [0.15, 0.2) is 42.5 Å². The Kier molecular flexibility index (Phi) is 6.57. The van der Waals surface area contributed by atoms with E-state index in [4.69, 9.17) is 5.73 Å². The minimum Gasteiger partial charge on any atom is -0.463 e. The summed E-state index contributed by atoms with van der Waals surface area (Å²) >= 11 is 0. The number of alkyl halides is 3. The van der Waals surface area contributed by atoms with Crippen LogP contribution in [0.5, 0.6) is 0 Å². The van der Waals surface area contributed by atoms with Crippen LogP contribution in [0.1, 0.15) is 24.1 Å². The van der Waals surface area contributed by atoms with Crippen LogP contribution in [0.3, 0.4) is 0 Å². The first-order chi connectivity index (χ1) is 12.6. The minimum atomic E-state index is -4.67. The minimum absolute atomic E-state index is 0. The van der Waals surface area contributed by atoms with E-state index in [2.05, 4.69) is 6.07 Å². The predicted molar refractivity (Wildman–Crippen MR) is 89.6 cm³/mol. The smallest absolute Gasteiger partial charge is 0.416 e. The van der Waals surface area contributed by atoms with Gasteiger partial charge in [0.2, 0.25) is 0 Å². The van der Waals surface area contributed by atoms with E-state index >= 15 is 0 Å². The number of halogens is 4. The molecular formula is C18H15F4LrN3O2-2. The molecule has 2 aromatic rings. The average Bonchev–Trinajstić information content (AvgIpc) is 2.60. The van der Waals surface area contributed by atoms with Crippen molar-refractivity contribution in [3.05, 3.63) is 72.0 Å². The SMILES string of the molecule is C[C@@H](c1cc(C(F)(F)F)ccc1F)N(C(=O)[CH-]NC(N)=O)c1[c-]cccc1.[Lr]. The van der Waals surface area contributed by atoms with Gasteiger partial charge in [-0.1, -0.05) is 5.69 Å². The molecule has 2 aromatic carbocycles. The van der Waals surface area contributed by atoms with Gasteiger partial charge in [-0.25, -0.2) is 10.9 Å². The van der Waals surface area contributed by atoms with Crippen molar-refractivity contribution in [2.45, 2.75) is 19.1 Å². The molecule has 3 N–H and O–H groups in total. The summed E-state index contributed by atoms with van der Waals surface area (Å²) in [6.07, 6.45) is -4.67. The summed E-state index contributed by atoms with van der Waals surface area (Å²) in [4.78, 5) is 24.3. The van der Waals surface area contributed by atoms with Crippen molar-refractivity contribution in [1.29, 1.82) is 0 Å². The molecule has 1 atom stereocenters. The number of nitrogens with zero attached hydrogens (tertiary/aromatic N) is 1. The fourth-order valence-electron chi connectivity index (χ4n) is 2.43. The van der Waals surface area contributed by atoms with Crippen LogP contribution < -0.4 is 16.0 Å². The molecule has 2 rings (SSSR count). The number of para-hydroxylation sites is 1. The molecule has 0 aliphatic heterocycles. The predicted octanol–water partition coefficient (Wildman–Crippen LogP) is 3.57. The average molecular weight is 643 g/mol. The zero-order chi connectivity index (χ0) is 20.2. The Morgan fingerprint density at radius 3 is 2.46 bits per heavy atom. The number of nitrogens with one attached hydrogen (secondary N) is 1. The van der Waals surface area contributed by atoms with Gasteiger partial charge in [-0.05, 0) is 25.1 Å². The Hall–Kier alpha value is -4.23. The number of benzene rings is 2. The standard InChI is InChI=1S/C18H15F4N3O2.Lr/c1-11(14-9-12(18(20,21)22)7-8-15(14)19)25(13-5-3-2-4-6-13)16(26)10-24-17(23)27;/h2-5,7-11H,1H3,(H3,23,24,27);/q-2;/t11-;/m0./s1. The van der Waals surface area contributed by atoms with Gasteiger partial charge in [-0.2, -0.15) is 37.4 Å². The molecule has 0 spiro atoms. The third-order valence-corrected chi connectivity index (χ3v) is 3.69. The van der Waals surface area contributed by atoms with E-state index in [1.165, 1.54) is 19.1 Å². The number of nitrogens with two attached hydrogens (primary N) is 1. The molecule has 0 aliphatic carbocycles. The second-order valence-electron chi connectivity index (χ2n) is 5.52. The third kappa shape index (κ3) is 4.90. The maximum absolute atomic E-state index is 14.2. The molecule has 0 aliphatic rings. The number of carbonyl (C=O) groups is 2. The number of rotatable bonds is 5. The summed E-state index contributed by atoms with van der Waals surface area (Å²) in [5.74, 6) is -1.73. The molecule has 1 radical (unpaired) electrons. The van der Waals surface area contributed by atoms with E-state index in [9.17, 15) is 27.2 Å². The van der Waals surface area contributed by atoms with Gasteiger partial charge < -0.3 is 20.7 Å². The molecule has 0 heterocycles. The zero-order valence-corrected chi connectivity index (χ0v) is 16.5. The summed E-state index contributed by atoms with van der Waals surface area (Å²) in [6, 6.07) is 8.70. The number of hydrogen-bond acceptors (Lipinski definition) is 2. The largest absolute Gasteiger partial charge is 0.463 e. The van der Waals surface area contributed by atoms with E-state index in [0.29, 0.717) is 18.2 Å². The molecule has 0 saturated heterocycles. The number of carbonyl (C=O) groups excluding carboxylic acids is 2. The van der Waals surface area contributed by atoms with Gasteiger partial charge in [0.15, 0.2) is 0 Å². The maximum Gasteiger partial charge on any atom is 0.416 e. The number of primary amides is 1. The summed E-state index contributed by atoms with van der Waals surface area (Å²) in [6.45, 7) is 2.10. The molecule has 10 heteroatoms. The molecule has 28 heavy (non-hydrogen) atoms. The Morgan fingerprint density at radius 1 is 1.25 bits per heavy atom. The first-order valence-electron chi connectivity index (χ1n) is 7.67. The van der Waals surface area contributed by atoms with Crippen molar-refractivity contribution in [2.75, 3.05) is 4.90 Å². The van der Waals surface area contributed by atoms with Crippen LogP contribution in [-0.4, -0.2) is 11.9 Å². The molecule has 3 amide bonds. The molecule has 0 unspecified atom stereocenters. The van der Waals surface area contributed by atoms with Crippen molar-refractivity contribution in [2.24, 2.45) is 5.73 Å². The Balaban J connectivity index is 0.00000392. The Morgan fingerprint density at radius 2 is 1.93 bits per heavy atom. The van der Waals surface area contributed by atoms with Crippen molar-refractivity contribution in [3.63, 3.8) is 0 Å². The van der Waals surface area contributed by atoms with E-state index in [-0.39, 0.29) is 11.3 Å². The van der Waals surface area contributed by atoms with Crippen LogP contribution >= 0.6 is 0 Å². The fraction of sp³-hybridized carbons (Fsp3) is 0.167. The quantitative estimate of drug-likeness (QED) is 0.387. The van der Waals surface area contributed by atoms with Crippen LogP contribution in [-0.2, 0) is 11.0 Å². The van der Waals surface area contributed by atoms with Crippen molar-refractivity contribution in [1.82, 2.24) is 5.32 Å². The van der Waals surface area contributed by atoms with Gasteiger partial charge in [-0.3, -0.25) is 4.79 Å². The van der Waals surface area contributed by atoms with E-state index < -0.39 is 35.5 Å². The van der Waals surface area contributed by atoms with Gasteiger partial charge in [0.1, 0.15) is 11.7 Å². The zero-order valence-electron chi connectivity index (χ0n) is 14.3. The molecule has 0 aromatic heterocycles. The van der Waals surface area contributed by atoms with E-state index in [0.717, 1.165) is 11.4 Å². The third-order valence-electron chi connectivity index (χ3n) is 3.69. The molecular weight excluding hydrogens is 628 g/mol. The normalized spacial score (nSPS) is 11.8. The number of hydrogen-bond donors (Lipinski definition) is 2. The summed E-state index contributed by atoms with van der Waals surface area (Å²) in [5, 5.41) is 1.99.